The second-order valence-corrected chi connectivity index (χ2v) is 9.78. The number of anilines is 1. The van der Waals surface area contributed by atoms with E-state index in [2.05, 4.69) is 15.3 Å². The number of fused-ring (bicyclic) bond motifs is 1. The molecule has 2 aromatic heterocycles. The summed E-state index contributed by atoms with van der Waals surface area (Å²) >= 11 is 0. The summed E-state index contributed by atoms with van der Waals surface area (Å²) in [6, 6.07) is 17.7. The molecule has 0 aliphatic rings. The third-order valence-electron chi connectivity index (χ3n) is 5.77. The SMILES string of the molecule is COc1ccc(-c2c(-c3ccccc3)oc3ncnc(NCCCCCCCS(=O)(=O)[O-])c23)cc1. The van der Waals surface area contributed by atoms with E-state index in [4.69, 9.17) is 9.15 Å². The van der Waals surface area contributed by atoms with Crippen molar-refractivity contribution in [3.05, 3.63) is 60.9 Å². The number of rotatable bonds is 12. The van der Waals surface area contributed by atoms with Crippen LogP contribution in [-0.4, -0.2) is 42.3 Å². The summed E-state index contributed by atoms with van der Waals surface area (Å²) in [7, 11) is -2.48. The van der Waals surface area contributed by atoms with Gasteiger partial charge in [0.25, 0.3) is 0 Å². The van der Waals surface area contributed by atoms with E-state index in [0.29, 0.717) is 24.5 Å². The lowest BCUT2D eigenvalue weighted by atomic mass is 9.99. The lowest BCUT2D eigenvalue weighted by Crippen LogP contribution is -2.05. The predicted molar refractivity (Wildman–Crippen MR) is 135 cm³/mol. The van der Waals surface area contributed by atoms with Crippen molar-refractivity contribution in [3.63, 3.8) is 0 Å². The Morgan fingerprint density at radius 2 is 1.63 bits per heavy atom. The van der Waals surface area contributed by atoms with Gasteiger partial charge in [0.05, 0.1) is 22.6 Å². The largest absolute Gasteiger partial charge is 0.748 e. The van der Waals surface area contributed by atoms with Crippen LogP contribution < -0.4 is 10.1 Å². The highest BCUT2D eigenvalue weighted by Crippen LogP contribution is 2.42. The van der Waals surface area contributed by atoms with E-state index < -0.39 is 10.1 Å². The second kappa shape index (κ2) is 11.3. The first-order valence-corrected chi connectivity index (χ1v) is 13.2. The molecule has 8 nitrogen and oxygen atoms in total. The third-order valence-corrected chi connectivity index (χ3v) is 6.56. The van der Waals surface area contributed by atoms with Gasteiger partial charge >= 0.3 is 0 Å². The zero-order valence-electron chi connectivity index (χ0n) is 19.6. The quantitative estimate of drug-likeness (QED) is 0.203. The molecule has 0 fully saturated rings. The minimum atomic E-state index is -4.12. The summed E-state index contributed by atoms with van der Waals surface area (Å²) < 4.78 is 43.6. The Morgan fingerprint density at radius 1 is 0.914 bits per heavy atom. The Morgan fingerprint density at radius 3 is 2.34 bits per heavy atom. The van der Waals surface area contributed by atoms with E-state index in [1.54, 1.807) is 7.11 Å². The summed E-state index contributed by atoms with van der Waals surface area (Å²) in [5.41, 5.74) is 3.33. The summed E-state index contributed by atoms with van der Waals surface area (Å²) in [4.78, 5) is 8.89. The Kier molecular flexibility index (Phi) is 7.99. The lowest BCUT2D eigenvalue weighted by Gasteiger charge is -2.09. The molecule has 2 aromatic carbocycles. The zero-order chi connectivity index (χ0) is 24.7. The molecule has 0 bridgehead atoms. The van der Waals surface area contributed by atoms with Gasteiger partial charge in [-0.3, -0.25) is 0 Å². The van der Waals surface area contributed by atoms with Crippen molar-refractivity contribution in [2.24, 2.45) is 0 Å². The van der Waals surface area contributed by atoms with Gasteiger partial charge in [0.2, 0.25) is 5.71 Å². The highest BCUT2D eigenvalue weighted by Gasteiger charge is 2.22. The van der Waals surface area contributed by atoms with E-state index in [1.165, 1.54) is 6.33 Å². The van der Waals surface area contributed by atoms with Crippen LogP contribution in [0.1, 0.15) is 32.1 Å². The summed E-state index contributed by atoms with van der Waals surface area (Å²) in [5.74, 6) is 1.90. The molecule has 0 aliphatic carbocycles. The van der Waals surface area contributed by atoms with E-state index >= 15 is 0 Å². The van der Waals surface area contributed by atoms with Crippen LogP contribution >= 0.6 is 0 Å². The maximum Gasteiger partial charge on any atom is 0.232 e. The summed E-state index contributed by atoms with van der Waals surface area (Å²) in [6.45, 7) is 0.694. The zero-order valence-corrected chi connectivity index (χ0v) is 20.4. The molecule has 0 saturated carbocycles. The van der Waals surface area contributed by atoms with Crippen LogP contribution in [0.4, 0.5) is 5.82 Å². The van der Waals surface area contributed by atoms with Gasteiger partial charge in [-0.2, -0.15) is 0 Å². The molecule has 2 heterocycles. The predicted octanol–water partition coefficient (Wildman–Crippen LogP) is 5.47. The molecular weight excluding hydrogens is 466 g/mol. The van der Waals surface area contributed by atoms with E-state index in [9.17, 15) is 13.0 Å². The molecule has 0 atom stereocenters. The molecule has 4 rings (SSSR count). The minimum Gasteiger partial charge on any atom is -0.748 e. The van der Waals surface area contributed by atoms with E-state index in [-0.39, 0.29) is 5.75 Å². The standard InChI is InChI=1S/C26H29N3O5S/c1-33-21-14-12-19(13-15-21)22-23-25(27-16-8-3-2-4-9-17-35(30,31)32)28-18-29-26(23)34-24(22)20-10-6-5-7-11-20/h5-7,10-15,18H,2-4,8-9,16-17H2,1H3,(H,27,28,29)(H,30,31,32)/p-1. The number of nitrogens with one attached hydrogen (secondary N) is 1. The van der Waals surface area contributed by atoms with Crippen LogP contribution in [0.3, 0.4) is 0 Å². The number of unbranched alkanes of at least 4 members (excludes halogenated alkanes) is 4. The van der Waals surface area contributed by atoms with Gasteiger partial charge in [-0.05, 0) is 30.5 Å². The molecule has 1 N–H and O–H groups in total. The molecule has 0 aliphatic heterocycles. The Bertz CT molecular complexity index is 1350. The smallest absolute Gasteiger partial charge is 0.232 e. The summed E-state index contributed by atoms with van der Waals surface area (Å²) in [6.07, 6.45) is 5.31. The highest BCUT2D eigenvalue weighted by molar-refractivity contribution is 7.85. The number of aromatic nitrogens is 2. The number of methoxy groups -OCH3 is 1. The van der Waals surface area contributed by atoms with Gasteiger partial charge in [-0.15, -0.1) is 0 Å². The van der Waals surface area contributed by atoms with Crippen molar-refractivity contribution >= 4 is 27.0 Å². The van der Waals surface area contributed by atoms with Gasteiger partial charge < -0.3 is 19.0 Å². The fourth-order valence-electron chi connectivity index (χ4n) is 4.03. The number of hydrogen-bond acceptors (Lipinski definition) is 8. The monoisotopic (exact) mass is 494 g/mol. The number of furan rings is 1. The highest BCUT2D eigenvalue weighted by atomic mass is 32.2. The lowest BCUT2D eigenvalue weighted by molar-refractivity contribution is 0.415. The van der Waals surface area contributed by atoms with Crippen LogP contribution in [0.2, 0.25) is 0 Å². The second-order valence-electron chi connectivity index (χ2n) is 8.26. The van der Waals surface area contributed by atoms with Gasteiger partial charge in [0, 0.05) is 23.4 Å². The fourth-order valence-corrected chi connectivity index (χ4v) is 4.59. The van der Waals surface area contributed by atoms with Crippen LogP contribution in [-0.2, 0) is 10.1 Å². The van der Waals surface area contributed by atoms with Crippen molar-refractivity contribution in [1.29, 1.82) is 0 Å². The molecule has 0 unspecified atom stereocenters. The number of ether oxygens (including phenoxy) is 1. The molecule has 9 heteroatoms. The van der Waals surface area contributed by atoms with Crippen molar-refractivity contribution < 1.29 is 22.1 Å². The van der Waals surface area contributed by atoms with Crippen LogP contribution in [0, 0.1) is 0 Å². The first-order chi connectivity index (χ1) is 17.0. The Hall–Kier alpha value is -3.43. The first-order valence-electron chi connectivity index (χ1n) is 11.6. The van der Waals surface area contributed by atoms with Gasteiger partial charge in [-0.1, -0.05) is 61.7 Å². The average molecular weight is 495 g/mol. The van der Waals surface area contributed by atoms with Gasteiger partial charge in [0.15, 0.2) is 0 Å². The molecule has 184 valence electrons. The number of benzene rings is 2. The normalized spacial score (nSPS) is 11.6. The number of nitrogens with zero attached hydrogens (tertiary/aromatic N) is 2. The van der Waals surface area contributed by atoms with Gasteiger partial charge in [0.1, 0.15) is 23.7 Å². The molecule has 0 radical (unpaired) electrons. The molecule has 0 spiro atoms. The number of hydrogen-bond donors (Lipinski definition) is 1. The Labute approximate surface area is 205 Å². The van der Waals surface area contributed by atoms with Crippen LogP contribution in [0.25, 0.3) is 33.6 Å². The minimum absolute atomic E-state index is 0.289. The van der Waals surface area contributed by atoms with E-state index in [0.717, 1.165) is 59.3 Å². The van der Waals surface area contributed by atoms with Gasteiger partial charge in [-0.25, -0.2) is 18.4 Å². The topological polar surface area (TPSA) is 117 Å². The fraction of sp³-hybridized carbons (Fsp3) is 0.308. The maximum absolute atomic E-state index is 10.7. The van der Waals surface area contributed by atoms with Crippen molar-refractivity contribution in [2.45, 2.75) is 32.1 Å². The van der Waals surface area contributed by atoms with Crippen molar-refractivity contribution in [3.8, 4) is 28.2 Å². The third kappa shape index (κ3) is 6.37. The average Bonchev–Trinajstić information content (AvgIpc) is 3.26. The van der Waals surface area contributed by atoms with Crippen LogP contribution in [0.15, 0.2) is 65.3 Å². The summed E-state index contributed by atoms with van der Waals surface area (Å²) in [5, 5.41) is 4.24. The molecule has 4 aromatic rings. The van der Waals surface area contributed by atoms with E-state index in [1.807, 2.05) is 54.6 Å². The molecular formula is C26H28N3O5S-. The Balaban J connectivity index is 1.55. The van der Waals surface area contributed by atoms with Crippen molar-refractivity contribution in [1.82, 2.24) is 9.97 Å². The maximum atomic E-state index is 10.7. The molecule has 0 saturated heterocycles. The molecule has 35 heavy (non-hydrogen) atoms. The van der Waals surface area contributed by atoms with Crippen molar-refractivity contribution in [2.75, 3.05) is 24.7 Å². The van der Waals surface area contributed by atoms with Crippen LogP contribution in [0.5, 0.6) is 5.75 Å². The first kappa shape index (κ1) is 24.7. The molecule has 0 amide bonds.